The minimum atomic E-state index is -0.929. The van der Waals surface area contributed by atoms with E-state index in [1.54, 1.807) is 37.3 Å². The normalized spacial score (nSPS) is 11.8. The van der Waals surface area contributed by atoms with Crippen LogP contribution >= 0.6 is 0 Å². The standard InChI is InChI=1S/C15H15FN2O2/c1-10-7-8-12(16)9-13(10)20-14(15(19)18-17)11-5-3-2-4-6-11/h2-9,14H,17H2,1H3,(H,18,19). The molecule has 5 heteroatoms. The lowest BCUT2D eigenvalue weighted by Crippen LogP contribution is -2.37. The van der Waals surface area contributed by atoms with E-state index < -0.39 is 17.8 Å². The summed E-state index contributed by atoms with van der Waals surface area (Å²) in [6, 6.07) is 13.1. The zero-order valence-corrected chi connectivity index (χ0v) is 11.0. The first-order valence-electron chi connectivity index (χ1n) is 6.10. The lowest BCUT2D eigenvalue weighted by atomic mass is 10.1. The first-order chi connectivity index (χ1) is 9.61. The molecule has 0 aromatic heterocycles. The van der Waals surface area contributed by atoms with Gasteiger partial charge in [-0.15, -0.1) is 0 Å². The van der Waals surface area contributed by atoms with E-state index in [1.807, 2.05) is 6.07 Å². The molecular weight excluding hydrogens is 259 g/mol. The lowest BCUT2D eigenvalue weighted by molar-refractivity contribution is -0.128. The number of carbonyl (C=O) groups excluding carboxylic acids is 1. The first-order valence-corrected chi connectivity index (χ1v) is 6.10. The Morgan fingerprint density at radius 1 is 1.25 bits per heavy atom. The Hall–Kier alpha value is -2.40. The minimum Gasteiger partial charge on any atom is -0.475 e. The zero-order valence-electron chi connectivity index (χ0n) is 11.0. The summed E-state index contributed by atoms with van der Waals surface area (Å²) in [6.45, 7) is 1.77. The predicted octanol–water partition coefficient (Wildman–Crippen LogP) is 2.24. The van der Waals surface area contributed by atoms with Crippen molar-refractivity contribution in [3.63, 3.8) is 0 Å². The van der Waals surface area contributed by atoms with Crippen LogP contribution in [0.1, 0.15) is 17.2 Å². The summed E-state index contributed by atoms with van der Waals surface area (Å²) in [5, 5.41) is 0. The van der Waals surface area contributed by atoms with E-state index >= 15 is 0 Å². The predicted molar refractivity (Wildman–Crippen MR) is 73.3 cm³/mol. The number of halogens is 1. The number of nitrogens with two attached hydrogens (primary N) is 1. The van der Waals surface area contributed by atoms with E-state index in [-0.39, 0.29) is 0 Å². The highest BCUT2D eigenvalue weighted by Gasteiger charge is 2.22. The van der Waals surface area contributed by atoms with Gasteiger partial charge in [0.1, 0.15) is 11.6 Å². The highest BCUT2D eigenvalue weighted by atomic mass is 19.1. The van der Waals surface area contributed by atoms with Crippen molar-refractivity contribution in [2.45, 2.75) is 13.0 Å². The van der Waals surface area contributed by atoms with Crippen molar-refractivity contribution in [1.29, 1.82) is 0 Å². The van der Waals surface area contributed by atoms with Crippen LogP contribution in [-0.2, 0) is 4.79 Å². The third-order valence-electron chi connectivity index (χ3n) is 2.88. The lowest BCUT2D eigenvalue weighted by Gasteiger charge is -2.19. The number of amides is 1. The molecule has 2 aromatic carbocycles. The van der Waals surface area contributed by atoms with Crippen LogP contribution < -0.4 is 16.0 Å². The molecule has 0 fully saturated rings. The van der Waals surface area contributed by atoms with Gasteiger partial charge in [0, 0.05) is 11.6 Å². The van der Waals surface area contributed by atoms with Gasteiger partial charge in [0.05, 0.1) is 0 Å². The van der Waals surface area contributed by atoms with E-state index in [9.17, 15) is 9.18 Å². The largest absolute Gasteiger partial charge is 0.475 e. The number of rotatable bonds is 4. The molecule has 1 atom stereocenters. The Kier molecular flexibility index (Phi) is 4.32. The van der Waals surface area contributed by atoms with Crippen LogP contribution in [0, 0.1) is 12.7 Å². The van der Waals surface area contributed by atoms with Gasteiger partial charge in [-0.05, 0) is 18.6 Å². The summed E-state index contributed by atoms with van der Waals surface area (Å²) in [4.78, 5) is 11.9. The van der Waals surface area contributed by atoms with Gasteiger partial charge >= 0.3 is 0 Å². The molecule has 0 spiro atoms. The van der Waals surface area contributed by atoms with Crippen molar-refractivity contribution >= 4 is 5.91 Å². The summed E-state index contributed by atoms with van der Waals surface area (Å²) in [5.74, 6) is 4.56. The number of hydrazine groups is 1. The van der Waals surface area contributed by atoms with Crippen molar-refractivity contribution in [3.8, 4) is 5.75 Å². The van der Waals surface area contributed by atoms with Gasteiger partial charge in [-0.3, -0.25) is 10.2 Å². The van der Waals surface area contributed by atoms with E-state index in [1.165, 1.54) is 12.1 Å². The SMILES string of the molecule is Cc1ccc(F)cc1OC(C(=O)NN)c1ccccc1. The maximum atomic E-state index is 13.3. The summed E-state index contributed by atoms with van der Waals surface area (Å²) >= 11 is 0. The van der Waals surface area contributed by atoms with Crippen LogP contribution in [0.15, 0.2) is 48.5 Å². The van der Waals surface area contributed by atoms with E-state index in [0.717, 1.165) is 5.56 Å². The molecule has 0 bridgehead atoms. The fourth-order valence-corrected chi connectivity index (χ4v) is 1.80. The summed E-state index contributed by atoms with van der Waals surface area (Å²) in [7, 11) is 0. The molecule has 0 radical (unpaired) electrons. The van der Waals surface area contributed by atoms with Crippen molar-refractivity contribution in [2.24, 2.45) is 5.84 Å². The fourth-order valence-electron chi connectivity index (χ4n) is 1.80. The van der Waals surface area contributed by atoms with Gasteiger partial charge in [-0.1, -0.05) is 36.4 Å². The molecule has 0 aliphatic rings. The molecule has 0 aliphatic heterocycles. The number of aryl methyl sites for hydroxylation is 1. The van der Waals surface area contributed by atoms with Crippen LogP contribution in [0.2, 0.25) is 0 Å². The van der Waals surface area contributed by atoms with Crippen LogP contribution in [0.4, 0.5) is 4.39 Å². The van der Waals surface area contributed by atoms with Gasteiger partial charge in [0.2, 0.25) is 6.10 Å². The highest BCUT2D eigenvalue weighted by Crippen LogP contribution is 2.26. The summed E-state index contributed by atoms with van der Waals surface area (Å²) in [6.07, 6.45) is -0.929. The molecular formula is C15H15FN2O2. The smallest absolute Gasteiger partial charge is 0.279 e. The molecule has 3 N–H and O–H groups in total. The topological polar surface area (TPSA) is 64.3 Å². The van der Waals surface area contributed by atoms with Crippen molar-refractivity contribution < 1.29 is 13.9 Å². The van der Waals surface area contributed by atoms with Crippen LogP contribution in [0.3, 0.4) is 0 Å². The minimum absolute atomic E-state index is 0.308. The molecule has 4 nitrogen and oxygen atoms in total. The van der Waals surface area contributed by atoms with Gasteiger partial charge < -0.3 is 4.74 Å². The summed E-state index contributed by atoms with van der Waals surface area (Å²) in [5.41, 5.74) is 3.43. The number of hydrogen-bond donors (Lipinski definition) is 2. The van der Waals surface area contributed by atoms with Gasteiger partial charge in [-0.25, -0.2) is 10.2 Å². The average molecular weight is 274 g/mol. The third-order valence-corrected chi connectivity index (χ3v) is 2.88. The Balaban J connectivity index is 2.34. The van der Waals surface area contributed by atoms with Crippen molar-refractivity contribution in [2.75, 3.05) is 0 Å². The molecule has 0 saturated heterocycles. The molecule has 2 rings (SSSR count). The molecule has 20 heavy (non-hydrogen) atoms. The van der Waals surface area contributed by atoms with Gasteiger partial charge in [0.25, 0.3) is 5.91 Å². The monoisotopic (exact) mass is 274 g/mol. The Morgan fingerprint density at radius 3 is 2.60 bits per heavy atom. The molecule has 0 aliphatic carbocycles. The second-order valence-electron chi connectivity index (χ2n) is 4.33. The van der Waals surface area contributed by atoms with E-state index in [2.05, 4.69) is 5.43 Å². The maximum absolute atomic E-state index is 13.3. The summed E-state index contributed by atoms with van der Waals surface area (Å²) < 4.78 is 18.9. The van der Waals surface area contributed by atoms with Crippen molar-refractivity contribution in [1.82, 2.24) is 5.43 Å². The second kappa shape index (κ2) is 6.16. The number of carbonyl (C=O) groups is 1. The number of nitrogens with one attached hydrogen (secondary N) is 1. The number of benzene rings is 2. The third kappa shape index (κ3) is 3.13. The molecule has 0 saturated carbocycles. The zero-order chi connectivity index (χ0) is 14.5. The molecule has 0 heterocycles. The van der Waals surface area contributed by atoms with Crippen LogP contribution in [0.5, 0.6) is 5.75 Å². The van der Waals surface area contributed by atoms with Gasteiger partial charge in [-0.2, -0.15) is 0 Å². The first kappa shape index (κ1) is 14.0. The quantitative estimate of drug-likeness (QED) is 0.510. The maximum Gasteiger partial charge on any atom is 0.279 e. The Morgan fingerprint density at radius 2 is 1.95 bits per heavy atom. The Bertz CT molecular complexity index is 602. The van der Waals surface area contributed by atoms with Crippen molar-refractivity contribution in [3.05, 3.63) is 65.5 Å². The highest BCUT2D eigenvalue weighted by molar-refractivity contribution is 5.82. The van der Waals surface area contributed by atoms with E-state index in [0.29, 0.717) is 11.3 Å². The molecule has 104 valence electrons. The molecule has 1 unspecified atom stereocenters. The Labute approximate surface area is 116 Å². The van der Waals surface area contributed by atoms with E-state index in [4.69, 9.17) is 10.6 Å². The molecule has 1 amide bonds. The van der Waals surface area contributed by atoms with Crippen LogP contribution in [0.25, 0.3) is 0 Å². The number of ether oxygens (including phenoxy) is 1. The number of hydrogen-bond acceptors (Lipinski definition) is 3. The second-order valence-corrected chi connectivity index (χ2v) is 4.33. The molecule has 2 aromatic rings. The van der Waals surface area contributed by atoms with Gasteiger partial charge in [0.15, 0.2) is 0 Å². The van der Waals surface area contributed by atoms with Crippen LogP contribution in [-0.4, -0.2) is 5.91 Å². The fraction of sp³-hybridized carbons (Fsp3) is 0.133. The average Bonchev–Trinajstić information content (AvgIpc) is 2.48.